The van der Waals surface area contributed by atoms with Gasteiger partial charge in [-0.3, -0.25) is 14.2 Å². The summed E-state index contributed by atoms with van der Waals surface area (Å²) < 4.78 is 1.61. The van der Waals surface area contributed by atoms with Crippen LogP contribution in [-0.4, -0.2) is 26.2 Å². The maximum Gasteiger partial charge on any atom is 0.268 e. The molecule has 192 valence electrons. The molecule has 0 aliphatic carbocycles. The molecule has 6 aromatic rings. The third-order valence-electron chi connectivity index (χ3n) is 6.10. The number of hydrogen-bond donors (Lipinski definition) is 1. The highest BCUT2D eigenvalue weighted by atomic mass is 32.2. The smallest absolute Gasteiger partial charge is 0.268 e. The Morgan fingerprint density at radius 1 is 0.897 bits per heavy atom. The van der Waals surface area contributed by atoms with Crippen molar-refractivity contribution in [3.05, 3.63) is 112 Å². The van der Waals surface area contributed by atoms with Gasteiger partial charge in [-0.25, -0.2) is 9.97 Å². The maximum absolute atomic E-state index is 14.0. The summed E-state index contributed by atoms with van der Waals surface area (Å²) in [6, 6.07) is 29.2. The van der Waals surface area contributed by atoms with E-state index in [0.717, 1.165) is 27.3 Å². The minimum Gasteiger partial charge on any atom is -0.301 e. The summed E-state index contributed by atoms with van der Waals surface area (Å²) in [7, 11) is 0. The Morgan fingerprint density at radius 2 is 1.54 bits per heavy atom. The number of hydrogen-bond acceptors (Lipinski definition) is 7. The van der Waals surface area contributed by atoms with Crippen molar-refractivity contribution in [1.29, 1.82) is 0 Å². The number of thiophene rings is 1. The van der Waals surface area contributed by atoms with Gasteiger partial charge in [0.05, 0.1) is 22.5 Å². The predicted molar refractivity (Wildman–Crippen MR) is 162 cm³/mol. The van der Waals surface area contributed by atoms with Crippen molar-refractivity contribution in [3.8, 4) is 28.1 Å². The molecule has 39 heavy (non-hydrogen) atoms. The molecule has 0 saturated heterocycles. The lowest BCUT2D eigenvalue weighted by atomic mass is 10.0. The van der Waals surface area contributed by atoms with Crippen LogP contribution in [0, 0.1) is 6.92 Å². The highest BCUT2D eigenvalue weighted by Gasteiger charge is 2.21. The number of nitrogens with one attached hydrogen (secondary N) is 1. The number of carbonyl (C=O) groups excluding carboxylic acids is 1. The molecule has 9 heteroatoms. The van der Waals surface area contributed by atoms with Gasteiger partial charge in [0.2, 0.25) is 5.91 Å². The van der Waals surface area contributed by atoms with E-state index in [-0.39, 0.29) is 17.2 Å². The topological polar surface area (TPSA) is 76.9 Å². The van der Waals surface area contributed by atoms with Gasteiger partial charge in [-0.15, -0.1) is 22.7 Å². The number of amides is 1. The van der Waals surface area contributed by atoms with Crippen molar-refractivity contribution in [1.82, 2.24) is 14.5 Å². The van der Waals surface area contributed by atoms with Crippen molar-refractivity contribution >= 4 is 55.7 Å². The van der Waals surface area contributed by atoms with Crippen molar-refractivity contribution < 1.29 is 4.79 Å². The van der Waals surface area contributed by atoms with Gasteiger partial charge >= 0.3 is 0 Å². The number of anilines is 1. The molecule has 0 radical (unpaired) electrons. The number of carbonyl (C=O) groups is 1. The van der Waals surface area contributed by atoms with Gasteiger partial charge in [0, 0.05) is 21.4 Å². The number of benzene rings is 3. The maximum atomic E-state index is 14.0. The molecule has 0 aliphatic heterocycles. The Hall–Kier alpha value is -4.05. The molecule has 6 nitrogen and oxygen atoms in total. The molecule has 0 saturated carbocycles. The van der Waals surface area contributed by atoms with E-state index in [1.807, 2.05) is 103 Å². The van der Waals surface area contributed by atoms with E-state index in [1.165, 1.54) is 34.4 Å². The lowest BCUT2D eigenvalue weighted by Crippen LogP contribution is -2.22. The molecule has 6 rings (SSSR count). The van der Waals surface area contributed by atoms with Crippen molar-refractivity contribution in [3.63, 3.8) is 0 Å². The SMILES string of the molecule is Cc1sc2nc(SCC(=O)Nc3nc(-c4ccccc4)cs3)n(-c3ccccc3)c(=O)c2c1-c1ccccc1. The number of thioether (sulfide) groups is 1. The highest BCUT2D eigenvalue weighted by Crippen LogP contribution is 2.37. The number of fused-ring (bicyclic) bond motifs is 1. The summed E-state index contributed by atoms with van der Waals surface area (Å²) in [6.07, 6.45) is 0. The summed E-state index contributed by atoms with van der Waals surface area (Å²) in [6.45, 7) is 2.01. The molecule has 1 amide bonds. The Kier molecular flexibility index (Phi) is 7.10. The lowest BCUT2D eigenvalue weighted by Gasteiger charge is -2.12. The Labute approximate surface area is 237 Å². The van der Waals surface area contributed by atoms with Crippen molar-refractivity contribution in [2.45, 2.75) is 12.1 Å². The minimum atomic E-state index is -0.213. The standard InChI is InChI=1S/C30H22N4O2S3/c1-19-25(21-13-7-3-8-14-21)26-27(39-19)33-30(34(28(26)36)22-15-9-4-10-16-22)38-18-24(35)32-29-31-23(17-37-29)20-11-5-2-6-12-20/h2-17H,18H2,1H3,(H,31,32,35). The van der Waals surface area contributed by atoms with Crippen molar-refractivity contribution in [2.24, 2.45) is 0 Å². The Balaban J connectivity index is 1.32. The Bertz CT molecular complexity index is 1830. The fourth-order valence-electron chi connectivity index (χ4n) is 4.35. The average Bonchev–Trinajstić information content (AvgIpc) is 3.57. The molecule has 0 unspecified atom stereocenters. The van der Waals surface area contributed by atoms with Crippen LogP contribution in [-0.2, 0) is 4.79 Å². The second-order valence-corrected chi connectivity index (χ2v) is 11.7. The van der Waals surface area contributed by atoms with Crippen molar-refractivity contribution in [2.75, 3.05) is 11.1 Å². The number of para-hydroxylation sites is 1. The fraction of sp³-hybridized carbons (Fsp3) is 0.0667. The van der Waals surface area contributed by atoms with Crippen LogP contribution in [0.3, 0.4) is 0 Å². The molecule has 0 spiro atoms. The van der Waals surface area contributed by atoms with Crippen LogP contribution in [0.1, 0.15) is 4.88 Å². The first-order chi connectivity index (χ1) is 19.1. The van der Waals surface area contributed by atoms with Gasteiger partial charge in [-0.1, -0.05) is 90.6 Å². The molecule has 0 fully saturated rings. The summed E-state index contributed by atoms with van der Waals surface area (Å²) in [5.74, 6) is -0.128. The van der Waals surface area contributed by atoms with Crippen LogP contribution in [0.25, 0.3) is 38.3 Å². The van der Waals surface area contributed by atoms with E-state index in [2.05, 4.69) is 10.3 Å². The molecule has 3 heterocycles. The van der Waals surface area contributed by atoms with Crippen LogP contribution < -0.4 is 10.9 Å². The van der Waals surface area contributed by atoms with Crippen LogP contribution in [0.5, 0.6) is 0 Å². The monoisotopic (exact) mass is 566 g/mol. The highest BCUT2D eigenvalue weighted by molar-refractivity contribution is 7.99. The van der Waals surface area contributed by atoms with Gasteiger partial charge in [0.1, 0.15) is 4.83 Å². The molecular weight excluding hydrogens is 545 g/mol. The third kappa shape index (κ3) is 5.16. The molecule has 0 atom stereocenters. The molecule has 0 bridgehead atoms. The number of aromatic nitrogens is 3. The van der Waals surface area contributed by atoms with Gasteiger partial charge in [0.15, 0.2) is 10.3 Å². The quantitative estimate of drug-likeness (QED) is 0.162. The molecular formula is C30H22N4O2S3. The zero-order valence-corrected chi connectivity index (χ0v) is 23.3. The number of thiazole rings is 1. The number of rotatable bonds is 7. The first-order valence-electron chi connectivity index (χ1n) is 12.2. The predicted octanol–water partition coefficient (Wildman–Crippen LogP) is 7.28. The average molecular weight is 567 g/mol. The van der Waals surface area contributed by atoms with Crippen LogP contribution in [0.4, 0.5) is 5.13 Å². The largest absolute Gasteiger partial charge is 0.301 e. The normalized spacial score (nSPS) is 11.1. The summed E-state index contributed by atoms with van der Waals surface area (Å²) in [4.78, 5) is 38.1. The molecule has 3 aromatic carbocycles. The van der Waals surface area contributed by atoms with E-state index in [0.29, 0.717) is 26.2 Å². The fourth-order valence-corrected chi connectivity index (χ4v) is 6.99. The lowest BCUT2D eigenvalue weighted by molar-refractivity contribution is -0.113. The van der Waals surface area contributed by atoms with E-state index in [4.69, 9.17) is 4.98 Å². The van der Waals surface area contributed by atoms with Crippen LogP contribution >= 0.6 is 34.4 Å². The summed E-state index contributed by atoms with van der Waals surface area (Å²) in [5, 5.41) is 6.40. The van der Waals surface area contributed by atoms with Crippen LogP contribution in [0.2, 0.25) is 0 Å². The zero-order chi connectivity index (χ0) is 26.8. The first-order valence-corrected chi connectivity index (χ1v) is 14.9. The number of nitrogens with zero attached hydrogens (tertiary/aromatic N) is 3. The van der Waals surface area contributed by atoms with E-state index in [1.54, 1.807) is 4.57 Å². The molecule has 1 N–H and O–H groups in total. The first kappa shape index (κ1) is 25.2. The summed E-state index contributed by atoms with van der Waals surface area (Å²) in [5.41, 5.74) is 4.26. The van der Waals surface area contributed by atoms with Gasteiger partial charge in [0.25, 0.3) is 5.56 Å². The Morgan fingerprint density at radius 3 is 2.23 bits per heavy atom. The van der Waals surface area contributed by atoms with E-state index < -0.39 is 0 Å². The molecule has 0 aliphatic rings. The van der Waals surface area contributed by atoms with Gasteiger partial charge in [-0.2, -0.15) is 0 Å². The van der Waals surface area contributed by atoms with Gasteiger partial charge in [-0.05, 0) is 24.6 Å². The van der Waals surface area contributed by atoms with Gasteiger partial charge < -0.3 is 5.32 Å². The zero-order valence-electron chi connectivity index (χ0n) is 20.8. The summed E-state index contributed by atoms with van der Waals surface area (Å²) >= 11 is 4.11. The third-order valence-corrected chi connectivity index (χ3v) is 8.80. The van der Waals surface area contributed by atoms with E-state index >= 15 is 0 Å². The number of aryl methyl sites for hydroxylation is 1. The minimum absolute atomic E-state index is 0.0843. The second-order valence-electron chi connectivity index (χ2n) is 8.69. The van der Waals surface area contributed by atoms with Crippen LogP contribution in [0.15, 0.2) is 106 Å². The van der Waals surface area contributed by atoms with E-state index in [9.17, 15) is 9.59 Å². The second kappa shape index (κ2) is 11.0. The molecule has 3 aromatic heterocycles.